The monoisotopic (exact) mass is 355 g/mol. The first-order chi connectivity index (χ1) is 12.2. The smallest absolute Gasteiger partial charge is 0.227 e. The van der Waals surface area contributed by atoms with Crippen LogP contribution >= 0.6 is 11.3 Å². The Kier molecular flexibility index (Phi) is 5.58. The molecule has 0 spiro atoms. The van der Waals surface area contributed by atoms with E-state index >= 15 is 0 Å². The maximum Gasteiger partial charge on any atom is 0.227 e. The van der Waals surface area contributed by atoms with Gasteiger partial charge in [0.25, 0.3) is 0 Å². The summed E-state index contributed by atoms with van der Waals surface area (Å²) in [5.41, 5.74) is 1.59. The lowest BCUT2D eigenvalue weighted by Crippen LogP contribution is -2.12. The highest BCUT2D eigenvalue weighted by Gasteiger charge is 2.11. The van der Waals surface area contributed by atoms with Gasteiger partial charge in [-0.25, -0.2) is 0 Å². The third-order valence-electron chi connectivity index (χ3n) is 3.30. The molecule has 7 heteroatoms. The number of anilines is 1. The van der Waals surface area contributed by atoms with E-state index in [1.807, 2.05) is 29.0 Å². The van der Waals surface area contributed by atoms with Crippen LogP contribution in [0.1, 0.15) is 12.3 Å². The molecule has 0 atom stereocenters. The standard InChI is InChI=1S/C18H17N3O3S/c1-2-9-23-15-5-3-4-14(11-15)19-16(22)6-7-17-20-18(21-24-17)13-8-10-25-12-13/h2-5,8,10-12H,1,6-7,9H2,(H,19,22). The van der Waals surface area contributed by atoms with Crippen molar-refractivity contribution in [2.45, 2.75) is 12.8 Å². The predicted octanol–water partition coefficient (Wildman–Crippen LogP) is 3.93. The van der Waals surface area contributed by atoms with E-state index in [-0.39, 0.29) is 12.3 Å². The van der Waals surface area contributed by atoms with E-state index in [1.165, 1.54) is 0 Å². The summed E-state index contributed by atoms with van der Waals surface area (Å²) in [6, 6.07) is 9.14. The molecule has 0 saturated heterocycles. The molecule has 3 rings (SSSR count). The number of rotatable bonds is 8. The van der Waals surface area contributed by atoms with E-state index in [4.69, 9.17) is 9.26 Å². The Labute approximate surface area is 149 Å². The number of aromatic nitrogens is 2. The largest absolute Gasteiger partial charge is 0.489 e. The number of hydrogen-bond acceptors (Lipinski definition) is 6. The minimum Gasteiger partial charge on any atom is -0.489 e. The SMILES string of the molecule is C=CCOc1cccc(NC(=O)CCc2nc(-c3ccsc3)no2)c1. The van der Waals surface area contributed by atoms with Crippen LogP contribution in [0.4, 0.5) is 5.69 Å². The van der Waals surface area contributed by atoms with Crippen molar-refractivity contribution in [1.82, 2.24) is 10.1 Å². The fourth-order valence-corrected chi connectivity index (χ4v) is 2.76. The second kappa shape index (κ2) is 8.25. The van der Waals surface area contributed by atoms with Crippen molar-refractivity contribution in [3.05, 3.63) is 59.6 Å². The summed E-state index contributed by atoms with van der Waals surface area (Å²) in [4.78, 5) is 16.4. The minimum absolute atomic E-state index is 0.129. The summed E-state index contributed by atoms with van der Waals surface area (Å²) in [6.07, 6.45) is 2.30. The zero-order valence-corrected chi connectivity index (χ0v) is 14.3. The molecule has 0 saturated carbocycles. The number of amides is 1. The van der Waals surface area contributed by atoms with E-state index in [2.05, 4.69) is 22.0 Å². The van der Waals surface area contributed by atoms with Gasteiger partial charge in [0.2, 0.25) is 17.6 Å². The van der Waals surface area contributed by atoms with Gasteiger partial charge < -0.3 is 14.6 Å². The fourth-order valence-electron chi connectivity index (χ4n) is 2.13. The molecule has 0 aliphatic carbocycles. The molecular weight excluding hydrogens is 338 g/mol. The van der Waals surface area contributed by atoms with Crippen molar-refractivity contribution in [3.63, 3.8) is 0 Å². The summed E-state index contributed by atoms with van der Waals surface area (Å²) in [7, 11) is 0. The number of benzene rings is 1. The zero-order valence-electron chi connectivity index (χ0n) is 13.5. The molecule has 3 aromatic rings. The Morgan fingerprint density at radius 2 is 2.32 bits per heavy atom. The molecular formula is C18H17N3O3S. The summed E-state index contributed by atoms with van der Waals surface area (Å²) in [6.45, 7) is 4.02. The molecule has 2 heterocycles. The van der Waals surface area contributed by atoms with Crippen molar-refractivity contribution in [2.75, 3.05) is 11.9 Å². The molecule has 25 heavy (non-hydrogen) atoms. The molecule has 0 aliphatic heterocycles. The Hall–Kier alpha value is -2.93. The van der Waals surface area contributed by atoms with Gasteiger partial charge in [0.05, 0.1) is 0 Å². The number of nitrogens with zero attached hydrogens (tertiary/aromatic N) is 2. The number of ether oxygens (including phenoxy) is 1. The first-order valence-electron chi connectivity index (χ1n) is 7.73. The number of aryl methyl sites for hydroxylation is 1. The van der Waals surface area contributed by atoms with Crippen molar-refractivity contribution in [3.8, 4) is 17.1 Å². The second-order valence-corrected chi connectivity index (χ2v) is 5.98. The van der Waals surface area contributed by atoms with Gasteiger partial charge in [-0.1, -0.05) is 23.9 Å². The number of nitrogens with one attached hydrogen (secondary N) is 1. The van der Waals surface area contributed by atoms with E-state index in [0.29, 0.717) is 36.2 Å². The van der Waals surface area contributed by atoms with Crippen LogP contribution in [0.2, 0.25) is 0 Å². The van der Waals surface area contributed by atoms with Crippen molar-refractivity contribution < 1.29 is 14.1 Å². The molecule has 0 aliphatic rings. The van der Waals surface area contributed by atoms with Gasteiger partial charge in [-0.15, -0.1) is 0 Å². The quantitative estimate of drug-likeness (QED) is 0.619. The first-order valence-corrected chi connectivity index (χ1v) is 8.67. The topological polar surface area (TPSA) is 77.2 Å². The van der Waals surface area contributed by atoms with Gasteiger partial charge in [0.1, 0.15) is 12.4 Å². The van der Waals surface area contributed by atoms with Crippen LogP contribution in [0.15, 0.2) is 58.3 Å². The van der Waals surface area contributed by atoms with Crippen LogP contribution in [0.3, 0.4) is 0 Å². The van der Waals surface area contributed by atoms with Crippen LogP contribution in [0.5, 0.6) is 5.75 Å². The van der Waals surface area contributed by atoms with Crippen LogP contribution in [-0.4, -0.2) is 22.7 Å². The number of thiophene rings is 1. The van der Waals surface area contributed by atoms with Crippen LogP contribution in [0, 0.1) is 0 Å². The summed E-state index contributed by atoms with van der Waals surface area (Å²) in [5.74, 6) is 1.54. The van der Waals surface area contributed by atoms with Crippen LogP contribution in [-0.2, 0) is 11.2 Å². The summed E-state index contributed by atoms with van der Waals surface area (Å²) < 4.78 is 10.6. The van der Waals surface area contributed by atoms with Crippen LogP contribution < -0.4 is 10.1 Å². The Bertz CT molecular complexity index is 843. The predicted molar refractivity (Wildman–Crippen MR) is 96.7 cm³/mol. The molecule has 0 fully saturated rings. The molecule has 6 nitrogen and oxygen atoms in total. The van der Waals surface area contributed by atoms with Gasteiger partial charge in [-0.05, 0) is 23.6 Å². The van der Waals surface area contributed by atoms with Crippen molar-refractivity contribution >= 4 is 22.9 Å². The van der Waals surface area contributed by atoms with Crippen molar-refractivity contribution in [2.24, 2.45) is 0 Å². The minimum atomic E-state index is -0.129. The lowest BCUT2D eigenvalue weighted by atomic mass is 10.2. The Morgan fingerprint density at radius 3 is 3.12 bits per heavy atom. The molecule has 1 aromatic carbocycles. The maximum atomic E-state index is 12.1. The third-order valence-corrected chi connectivity index (χ3v) is 3.98. The molecule has 0 radical (unpaired) electrons. The van der Waals surface area contributed by atoms with Gasteiger partial charge >= 0.3 is 0 Å². The van der Waals surface area contributed by atoms with E-state index in [9.17, 15) is 4.79 Å². The summed E-state index contributed by atoms with van der Waals surface area (Å²) >= 11 is 1.57. The highest BCUT2D eigenvalue weighted by molar-refractivity contribution is 7.08. The Balaban J connectivity index is 1.52. The van der Waals surface area contributed by atoms with E-state index < -0.39 is 0 Å². The van der Waals surface area contributed by atoms with Crippen LogP contribution in [0.25, 0.3) is 11.4 Å². The average molecular weight is 355 g/mol. The highest BCUT2D eigenvalue weighted by atomic mass is 32.1. The molecule has 2 aromatic heterocycles. The fraction of sp³-hybridized carbons (Fsp3) is 0.167. The normalized spacial score (nSPS) is 10.4. The average Bonchev–Trinajstić information content (AvgIpc) is 3.29. The first kappa shape index (κ1) is 16.9. The molecule has 0 unspecified atom stereocenters. The number of hydrogen-bond donors (Lipinski definition) is 1. The summed E-state index contributed by atoms with van der Waals surface area (Å²) in [5, 5.41) is 10.7. The lowest BCUT2D eigenvalue weighted by Gasteiger charge is -2.07. The third kappa shape index (κ3) is 4.77. The highest BCUT2D eigenvalue weighted by Crippen LogP contribution is 2.20. The molecule has 0 bridgehead atoms. The second-order valence-electron chi connectivity index (χ2n) is 5.20. The van der Waals surface area contributed by atoms with Gasteiger partial charge in [0.15, 0.2) is 0 Å². The van der Waals surface area contributed by atoms with Crippen molar-refractivity contribution in [1.29, 1.82) is 0 Å². The Morgan fingerprint density at radius 1 is 1.40 bits per heavy atom. The lowest BCUT2D eigenvalue weighted by molar-refractivity contribution is -0.116. The van der Waals surface area contributed by atoms with Gasteiger partial charge in [-0.3, -0.25) is 4.79 Å². The van der Waals surface area contributed by atoms with Gasteiger partial charge in [0, 0.05) is 35.5 Å². The van der Waals surface area contributed by atoms with E-state index in [1.54, 1.807) is 29.5 Å². The van der Waals surface area contributed by atoms with E-state index in [0.717, 1.165) is 5.56 Å². The maximum absolute atomic E-state index is 12.1. The number of carbonyl (C=O) groups excluding carboxylic acids is 1. The number of carbonyl (C=O) groups is 1. The molecule has 128 valence electrons. The zero-order chi connectivity index (χ0) is 17.5. The molecule has 1 N–H and O–H groups in total. The molecule has 1 amide bonds. The van der Waals surface area contributed by atoms with Gasteiger partial charge in [-0.2, -0.15) is 16.3 Å².